The molecule has 1 N–H and O–H groups in total. The molecule has 3 aromatic rings. The van der Waals surface area contributed by atoms with Crippen molar-refractivity contribution in [3.8, 4) is 0 Å². The van der Waals surface area contributed by atoms with Crippen LogP contribution < -0.4 is 13.9 Å². The standard InChI is InChI=1S/C15H16OPS3/c1-2-12(16)17(13-6-3-9-18-13,14-7-4-10-19-14)15-8-5-11-20-15/h3-12,16H,2H2,1H3/q+1. The van der Waals surface area contributed by atoms with E-state index in [1.165, 1.54) is 13.9 Å². The summed E-state index contributed by atoms with van der Waals surface area (Å²) in [7, 11) is -1.89. The minimum absolute atomic E-state index is 0.307. The summed E-state index contributed by atoms with van der Waals surface area (Å²) in [5, 5.41) is 17.3. The molecule has 3 rings (SSSR count). The lowest BCUT2D eigenvalue weighted by Crippen LogP contribution is -2.35. The Morgan fingerprint density at radius 1 is 0.900 bits per heavy atom. The lowest BCUT2D eigenvalue weighted by molar-refractivity contribution is 0.253. The van der Waals surface area contributed by atoms with Crippen LogP contribution in [0.5, 0.6) is 0 Å². The Morgan fingerprint density at radius 3 is 1.55 bits per heavy atom. The zero-order valence-corrected chi connectivity index (χ0v) is 14.4. The van der Waals surface area contributed by atoms with Gasteiger partial charge in [-0.05, 0) is 52.5 Å². The van der Waals surface area contributed by atoms with E-state index < -0.39 is 7.26 Å². The van der Waals surface area contributed by atoms with E-state index in [9.17, 15) is 5.11 Å². The molecule has 5 heteroatoms. The van der Waals surface area contributed by atoms with E-state index >= 15 is 0 Å². The maximum atomic E-state index is 11.0. The summed E-state index contributed by atoms with van der Waals surface area (Å²) in [6.07, 6.45) is 0.779. The van der Waals surface area contributed by atoms with Crippen LogP contribution in [0.1, 0.15) is 13.3 Å². The first-order chi connectivity index (χ1) is 9.80. The SMILES string of the molecule is CCC(O)[P+](c1cccs1)(c1cccs1)c1cccs1. The van der Waals surface area contributed by atoms with Gasteiger partial charge in [0, 0.05) is 6.42 Å². The lowest BCUT2D eigenvalue weighted by Gasteiger charge is -2.26. The zero-order chi connectivity index (χ0) is 14.0. The van der Waals surface area contributed by atoms with Gasteiger partial charge in [0.25, 0.3) is 0 Å². The minimum Gasteiger partial charge on any atom is -0.358 e. The highest BCUT2D eigenvalue weighted by atomic mass is 32.1. The Balaban J connectivity index is 2.30. The summed E-state index contributed by atoms with van der Waals surface area (Å²) in [6, 6.07) is 12.9. The van der Waals surface area contributed by atoms with Crippen molar-refractivity contribution in [2.75, 3.05) is 0 Å². The number of thiophene rings is 3. The number of rotatable bonds is 5. The molecular formula is C15H16OPS3+. The molecule has 0 aliphatic carbocycles. The molecule has 1 unspecified atom stereocenters. The molecule has 3 aromatic heterocycles. The van der Waals surface area contributed by atoms with Crippen molar-refractivity contribution in [2.45, 2.75) is 19.2 Å². The summed E-state index contributed by atoms with van der Waals surface area (Å²) in [5.74, 6) is -0.307. The second-order valence-electron chi connectivity index (χ2n) is 4.47. The molecule has 0 radical (unpaired) electrons. The van der Waals surface area contributed by atoms with Gasteiger partial charge in [-0.15, -0.1) is 34.0 Å². The van der Waals surface area contributed by atoms with Crippen LogP contribution >= 0.6 is 41.3 Å². The van der Waals surface area contributed by atoms with Crippen molar-refractivity contribution in [2.24, 2.45) is 0 Å². The third kappa shape index (κ3) is 2.20. The van der Waals surface area contributed by atoms with Gasteiger partial charge >= 0.3 is 0 Å². The monoisotopic (exact) mass is 339 g/mol. The van der Waals surface area contributed by atoms with Gasteiger partial charge in [-0.1, -0.05) is 6.92 Å². The molecule has 1 nitrogen and oxygen atoms in total. The Bertz CT molecular complexity index is 545. The predicted octanol–water partition coefficient (Wildman–Crippen LogP) is 3.89. The van der Waals surface area contributed by atoms with Gasteiger partial charge in [0.15, 0.2) is 27.0 Å². The average molecular weight is 339 g/mol. The highest BCUT2D eigenvalue weighted by Crippen LogP contribution is 2.62. The largest absolute Gasteiger partial charge is 0.358 e. The van der Waals surface area contributed by atoms with Gasteiger partial charge in [0.05, 0.1) is 0 Å². The molecule has 0 aliphatic heterocycles. The van der Waals surface area contributed by atoms with E-state index in [1.54, 1.807) is 34.0 Å². The van der Waals surface area contributed by atoms with E-state index in [0.29, 0.717) is 0 Å². The predicted molar refractivity (Wildman–Crippen MR) is 95.1 cm³/mol. The first-order valence-corrected chi connectivity index (χ1v) is 11.0. The van der Waals surface area contributed by atoms with E-state index in [-0.39, 0.29) is 5.85 Å². The van der Waals surface area contributed by atoms with Gasteiger partial charge in [0.1, 0.15) is 0 Å². The second-order valence-corrected chi connectivity index (χ2v) is 11.7. The van der Waals surface area contributed by atoms with Crippen LogP contribution in [0.3, 0.4) is 0 Å². The molecule has 0 fully saturated rings. The first-order valence-electron chi connectivity index (χ1n) is 6.49. The van der Waals surface area contributed by atoms with Crippen LogP contribution in [-0.4, -0.2) is 11.0 Å². The maximum absolute atomic E-state index is 11.0. The number of hydrogen-bond acceptors (Lipinski definition) is 4. The fourth-order valence-corrected chi connectivity index (χ4v) is 12.8. The number of aliphatic hydroxyl groups excluding tert-OH is 1. The van der Waals surface area contributed by atoms with Gasteiger partial charge in [0.2, 0.25) is 0 Å². The maximum Gasteiger partial charge on any atom is 0.180 e. The summed E-state index contributed by atoms with van der Waals surface area (Å²) in [6.45, 7) is 2.08. The third-order valence-corrected chi connectivity index (χ3v) is 12.7. The second kappa shape index (κ2) is 6.08. The Labute approximate surface area is 131 Å². The topological polar surface area (TPSA) is 20.2 Å². The van der Waals surface area contributed by atoms with Crippen molar-refractivity contribution in [3.05, 3.63) is 52.5 Å². The summed E-state index contributed by atoms with van der Waals surface area (Å²) in [5.41, 5.74) is 0. The van der Waals surface area contributed by atoms with Gasteiger partial charge < -0.3 is 5.11 Å². The summed E-state index contributed by atoms with van der Waals surface area (Å²) < 4.78 is 3.99. The lowest BCUT2D eigenvalue weighted by atomic mass is 10.5. The molecule has 0 aromatic carbocycles. The Kier molecular flexibility index (Phi) is 4.39. The van der Waals surface area contributed by atoms with E-state index in [0.717, 1.165) is 6.42 Å². The molecule has 0 spiro atoms. The van der Waals surface area contributed by atoms with Gasteiger partial charge in [-0.3, -0.25) is 0 Å². The smallest absolute Gasteiger partial charge is 0.180 e. The van der Waals surface area contributed by atoms with Crippen molar-refractivity contribution >= 4 is 55.1 Å². The zero-order valence-electron chi connectivity index (χ0n) is 11.1. The van der Waals surface area contributed by atoms with Crippen LogP contribution in [-0.2, 0) is 0 Å². The molecule has 0 saturated carbocycles. The third-order valence-electron chi connectivity index (χ3n) is 3.37. The molecule has 0 bridgehead atoms. The Morgan fingerprint density at radius 2 is 1.30 bits per heavy atom. The highest BCUT2D eigenvalue weighted by molar-refractivity contribution is 8.04. The molecule has 3 heterocycles. The Hall–Kier alpha value is -0.510. The average Bonchev–Trinajstić information content (AvgIpc) is 3.23. The van der Waals surface area contributed by atoms with Crippen LogP contribution in [0.4, 0.5) is 0 Å². The molecular weight excluding hydrogens is 323 g/mol. The minimum atomic E-state index is -1.89. The fourth-order valence-electron chi connectivity index (χ4n) is 2.45. The van der Waals surface area contributed by atoms with Gasteiger partial charge in [-0.25, -0.2) is 0 Å². The van der Waals surface area contributed by atoms with Crippen LogP contribution in [0.15, 0.2) is 52.5 Å². The molecule has 0 amide bonds. The normalized spacial score (nSPS) is 13.5. The number of hydrogen-bond donors (Lipinski definition) is 1. The van der Waals surface area contributed by atoms with E-state index in [2.05, 4.69) is 59.5 Å². The van der Waals surface area contributed by atoms with Crippen LogP contribution in [0, 0.1) is 0 Å². The van der Waals surface area contributed by atoms with E-state index in [1.807, 2.05) is 0 Å². The summed E-state index contributed by atoms with van der Waals surface area (Å²) in [4.78, 5) is 0. The van der Waals surface area contributed by atoms with Crippen molar-refractivity contribution in [1.29, 1.82) is 0 Å². The molecule has 0 aliphatic rings. The molecule has 104 valence electrons. The van der Waals surface area contributed by atoms with Crippen molar-refractivity contribution in [3.63, 3.8) is 0 Å². The number of aliphatic hydroxyl groups is 1. The van der Waals surface area contributed by atoms with E-state index in [4.69, 9.17) is 0 Å². The van der Waals surface area contributed by atoms with Crippen molar-refractivity contribution < 1.29 is 5.11 Å². The molecule has 20 heavy (non-hydrogen) atoms. The fraction of sp³-hybridized carbons (Fsp3) is 0.200. The highest BCUT2D eigenvalue weighted by Gasteiger charge is 2.54. The molecule has 1 atom stereocenters. The van der Waals surface area contributed by atoms with Gasteiger partial charge in [-0.2, -0.15) is 0 Å². The van der Waals surface area contributed by atoms with Crippen LogP contribution in [0.2, 0.25) is 0 Å². The first kappa shape index (κ1) is 14.4. The van der Waals surface area contributed by atoms with Crippen molar-refractivity contribution in [1.82, 2.24) is 0 Å². The van der Waals surface area contributed by atoms with Crippen LogP contribution in [0.25, 0.3) is 0 Å². The summed E-state index contributed by atoms with van der Waals surface area (Å²) >= 11 is 5.32. The molecule has 0 saturated heterocycles. The quantitative estimate of drug-likeness (QED) is 0.699.